The van der Waals surface area contributed by atoms with Crippen LogP contribution in [-0.4, -0.2) is 36.8 Å². The summed E-state index contributed by atoms with van der Waals surface area (Å²) in [6.45, 7) is 3.96. The molecule has 6 nitrogen and oxygen atoms in total. The van der Waals surface area contributed by atoms with Crippen molar-refractivity contribution in [1.29, 1.82) is 0 Å². The van der Waals surface area contributed by atoms with Crippen molar-refractivity contribution >= 4 is 29.9 Å². The summed E-state index contributed by atoms with van der Waals surface area (Å²) in [5.74, 6) is -0.861. The van der Waals surface area contributed by atoms with Gasteiger partial charge in [0.1, 0.15) is 0 Å². The number of methoxy groups -OCH3 is 1. The number of hydrogen-bond donors (Lipinski definition) is 1. The lowest BCUT2D eigenvalue weighted by atomic mass is 9.66. The molecule has 1 aliphatic rings. The fourth-order valence-electron chi connectivity index (χ4n) is 2.71. The molecule has 2 N–H and O–H groups in total. The van der Waals surface area contributed by atoms with Gasteiger partial charge in [-0.15, -0.1) is 0 Å². The van der Waals surface area contributed by atoms with Crippen LogP contribution in [0.4, 0.5) is 5.69 Å². The Balaban J connectivity index is 1.99. The van der Waals surface area contributed by atoms with Crippen LogP contribution >= 0.6 is 0 Å². The maximum atomic E-state index is 12.1. The number of pyridine rings is 1. The molecule has 2 heterocycles. The van der Waals surface area contributed by atoms with Crippen molar-refractivity contribution in [2.45, 2.75) is 32.6 Å². The van der Waals surface area contributed by atoms with Gasteiger partial charge in [0.2, 0.25) is 0 Å². The van der Waals surface area contributed by atoms with Gasteiger partial charge >= 0.3 is 11.9 Å². The van der Waals surface area contributed by atoms with E-state index in [0.717, 1.165) is 23.8 Å². The Morgan fingerprint density at radius 2 is 1.81 bits per heavy atom. The highest BCUT2D eigenvalue weighted by Crippen LogP contribution is 2.29. The molecule has 1 saturated heterocycles. The first-order valence-corrected chi connectivity index (χ1v) is 8.60. The van der Waals surface area contributed by atoms with Crippen LogP contribution in [0.1, 0.15) is 34.6 Å². The minimum atomic E-state index is -0.481. The van der Waals surface area contributed by atoms with Gasteiger partial charge in [0.05, 0.1) is 35.7 Å². The fraction of sp³-hybridized carbons (Fsp3) is 0.316. The van der Waals surface area contributed by atoms with E-state index in [-0.39, 0.29) is 17.8 Å². The van der Waals surface area contributed by atoms with Crippen LogP contribution in [0.5, 0.6) is 0 Å². The summed E-state index contributed by atoms with van der Waals surface area (Å²) >= 11 is 0. The van der Waals surface area contributed by atoms with Crippen molar-refractivity contribution < 1.29 is 19.1 Å². The van der Waals surface area contributed by atoms with Gasteiger partial charge in [0, 0.05) is 11.2 Å². The number of ether oxygens (including phenoxy) is 2. The van der Waals surface area contributed by atoms with Gasteiger partial charge in [-0.05, 0) is 32.0 Å². The minimum Gasteiger partial charge on any atom is -0.465 e. The van der Waals surface area contributed by atoms with Crippen molar-refractivity contribution in [2.75, 3.05) is 12.8 Å². The van der Waals surface area contributed by atoms with E-state index in [1.807, 2.05) is 0 Å². The summed E-state index contributed by atoms with van der Waals surface area (Å²) < 4.78 is 10.0. The molecule has 7 heteroatoms. The fourth-order valence-corrected chi connectivity index (χ4v) is 2.71. The molecule has 0 bridgehead atoms. The van der Waals surface area contributed by atoms with Gasteiger partial charge in [-0.1, -0.05) is 24.8 Å². The topological polar surface area (TPSA) is 91.5 Å². The predicted molar refractivity (Wildman–Crippen MR) is 101 cm³/mol. The molecule has 1 fully saturated rings. The molecule has 0 amide bonds. The Morgan fingerprint density at radius 1 is 1.15 bits per heavy atom. The number of carbonyl (C=O) groups is 2. The average Bonchev–Trinajstić information content (AvgIpc) is 3.46. The molecule has 0 aliphatic carbocycles. The lowest BCUT2D eigenvalue weighted by molar-refractivity contribution is 0.0377. The van der Waals surface area contributed by atoms with Crippen LogP contribution in [0.25, 0.3) is 11.3 Å². The number of benzene rings is 1. The number of nitrogens with two attached hydrogens (primary N) is 1. The van der Waals surface area contributed by atoms with Crippen molar-refractivity contribution in [1.82, 2.24) is 4.98 Å². The Kier molecular flexibility index (Phi) is 4.98. The van der Waals surface area contributed by atoms with E-state index >= 15 is 0 Å². The molecule has 0 atom stereocenters. The van der Waals surface area contributed by atoms with E-state index < -0.39 is 5.97 Å². The van der Waals surface area contributed by atoms with Crippen molar-refractivity contribution in [3.05, 3.63) is 41.5 Å². The van der Waals surface area contributed by atoms with Gasteiger partial charge in [-0.25, -0.2) is 9.59 Å². The monoisotopic (exact) mass is 352 g/mol. The molecule has 1 aromatic heterocycles. The summed E-state index contributed by atoms with van der Waals surface area (Å²) in [7, 11) is 1.33. The zero-order valence-corrected chi connectivity index (χ0v) is 15.1. The number of carbonyl (C=O) groups excluding carboxylic acids is 2. The first kappa shape index (κ1) is 18.0. The quantitative estimate of drug-likeness (QED) is 0.656. The Labute approximate surface area is 152 Å². The molecule has 134 valence electrons. The molecule has 0 spiro atoms. The number of nitrogens with zero attached hydrogens (tertiary/aromatic N) is 1. The highest BCUT2D eigenvalue weighted by atomic mass is 16.5. The zero-order valence-electron chi connectivity index (χ0n) is 15.1. The summed E-state index contributed by atoms with van der Waals surface area (Å²) in [5, 5.41) is 0. The van der Waals surface area contributed by atoms with Crippen LogP contribution < -0.4 is 11.3 Å². The number of esters is 2. The summed E-state index contributed by atoms with van der Waals surface area (Å²) in [6.07, 6.45) is 1.92. The van der Waals surface area contributed by atoms with E-state index in [1.54, 1.807) is 44.2 Å². The predicted octanol–water partition coefficient (Wildman–Crippen LogP) is 2.40. The van der Waals surface area contributed by atoms with Crippen molar-refractivity contribution in [3.63, 3.8) is 0 Å². The molecule has 1 aliphatic heterocycles. The second-order valence-corrected chi connectivity index (χ2v) is 6.65. The largest absolute Gasteiger partial charge is 0.465 e. The third-order valence-corrected chi connectivity index (χ3v) is 4.22. The van der Waals surface area contributed by atoms with Crippen LogP contribution in [0.15, 0.2) is 30.3 Å². The van der Waals surface area contributed by atoms with Crippen molar-refractivity contribution in [3.8, 4) is 11.3 Å². The van der Waals surface area contributed by atoms with Crippen LogP contribution in [0.3, 0.4) is 0 Å². The maximum Gasteiger partial charge on any atom is 0.340 e. The molecule has 2 aromatic rings. The van der Waals surface area contributed by atoms with E-state index in [1.165, 1.54) is 7.11 Å². The summed E-state index contributed by atoms with van der Waals surface area (Å²) in [6, 6.07) is 8.57. The van der Waals surface area contributed by atoms with E-state index in [9.17, 15) is 9.59 Å². The van der Waals surface area contributed by atoms with Gasteiger partial charge in [-0.2, -0.15) is 0 Å². The molecule has 1 aromatic carbocycles. The van der Waals surface area contributed by atoms with E-state index in [4.69, 9.17) is 15.2 Å². The summed E-state index contributed by atoms with van der Waals surface area (Å²) in [5.41, 5.74) is 9.34. The van der Waals surface area contributed by atoms with Gasteiger partial charge in [0.15, 0.2) is 6.71 Å². The summed E-state index contributed by atoms with van der Waals surface area (Å²) in [4.78, 5) is 28.7. The second-order valence-electron chi connectivity index (χ2n) is 6.65. The van der Waals surface area contributed by atoms with Gasteiger partial charge in [-0.3, -0.25) is 4.98 Å². The normalized spacial score (nSPS) is 12.8. The van der Waals surface area contributed by atoms with Crippen LogP contribution in [-0.2, 0) is 9.47 Å². The molecule has 0 saturated carbocycles. The van der Waals surface area contributed by atoms with E-state index in [0.29, 0.717) is 23.5 Å². The Bertz CT molecular complexity index is 845. The second kappa shape index (κ2) is 7.19. The van der Waals surface area contributed by atoms with Gasteiger partial charge < -0.3 is 15.2 Å². The zero-order chi connectivity index (χ0) is 18.8. The highest BCUT2D eigenvalue weighted by molar-refractivity contribution is 6.81. The van der Waals surface area contributed by atoms with Crippen molar-refractivity contribution in [2.24, 2.45) is 0 Å². The molecule has 0 radical (unpaired) electrons. The Hall–Kier alpha value is -2.83. The molecular formula is C19H21BN2O4. The maximum absolute atomic E-state index is 12.1. The van der Waals surface area contributed by atoms with Crippen LogP contribution in [0, 0.1) is 0 Å². The average molecular weight is 352 g/mol. The smallest absolute Gasteiger partial charge is 0.340 e. The minimum absolute atomic E-state index is 0.183. The van der Waals surface area contributed by atoms with Gasteiger partial charge in [0.25, 0.3) is 0 Å². The number of hydrogen-bond acceptors (Lipinski definition) is 6. The standard InChI is InChI=1S/C19H21BN2O4/c1-11(2)26-18(23)13-6-4-12(5-7-13)17-16(21)14(19(24)25-3)10-15(22-17)20-8-9-20/h4-7,10-11H,8-9,21H2,1-3H3. The molecule has 26 heavy (non-hydrogen) atoms. The van der Waals surface area contributed by atoms with E-state index in [2.05, 4.69) is 4.98 Å². The first-order chi connectivity index (χ1) is 12.4. The van der Waals surface area contributed by atoms with Crippen LogP contribution in [0.2, 0.25) is 12.6 Å². The lowest BCUT2D eigenvalue weighted by Crippen LogP contribution is -2.24. The molecule has 3 rings (SSSR count). The lowest BCUT2D eigenvalue weighted by Gasteiger charge is -2.13. The number of anilines is 1. The molecule has 0 unspecified atom stereocenters. The number of aromatic nitrogens is 1. The number of nitrogen functional groups attached to an aromatic ring is 1. The third-order valence-electron chi connectivity index (χ3n) is 4.22. The third kappa shape index (κ3) is 3.71. The highest BCUT2D eigenvalue weighted by Gasteiger charge is 2.32. The number of rotatable bonds is 5. The SMILES string of the molecule is COC(=O)c1cc(B2CC2)nc(-c2ccc(C(=O)OC(C)C)cc2)c1N. The first-order valence-electron chi connectivity index (χ1n) is 8.60. The Morgan fingerprint density at radius 3 is 2.35 bits per heavy atom. The molecular weight excluding hydrogens is 331 g/mol.